The molecule has 2 rings (SSSR count). The van der Waals surface area contributed by atoms with Gasteiger partial charge >= 0.3 is 0 Å². The molecule has 0 saturated carbocycles. The van der Waals surface area contributed by atoms with E-state index in [1.54, 1.807) is 0 Å². The van der Waals surface area contributed by atoms with Gasteiger partial charge in [-0.05, 0) is 24.5 Å². The molecule has 0 heterocycles. The molecule has 0 unspecified atom stereocenters. The monoisotopic (exact) mass is 294 g/mol. The first-order chi connectivity index (χ1) is 10.7. The molecule has 1 amide bonds. The van der Waals surface area contributed by atoms with Crippen LogP contribution in [0.2, 0.25) is 0 Å². The van der Waals surface area contributed by atoms with Gasteiger partial charge < -0.3 is 0 Å². The molecule has 0 aromatic heterocycles. The van der Waals surface area contributed by atoms with Crippen LogP contribution in [0, 0.1) is 6.92 Å². The van der Waals surface area contributed by atoms with Crippen LogP contribution in [0.5, 0.6) is 0 Å². The normalized spacial score (nSPS) is 11.3. The third kappa shape index (κ3) is 4.85. The first-order valence-electron chi connectivity index (χ1n) is 7.65. The number of benzene rings is 2. The lowest BCUT2D eigenvalue weighted by molar-refractivity contribution is -0.120. The number of nitrogens with zero attached hydrogens (tertiary/aromatic N) is 1. The standard InChI is InChI=1S/C19H22N2O/c1-3-7-18(17-12-10-15(2)11-13-17)20-21-19(22)14-16-8-5-4-6-9-16/h4-6,8-13H,3,7,14H2,1-2H3,(H,21,22)/b20-18+. The van der Waals surface area contributed by atoms with Gasteiger partial charge in [-0.25, -0.2) is 5.43 Å². The summed E-state index contributed by atoms with van der Waals surface area (Å²) < 4.78 is 0. The highest BCUT2D eigenvalue weighted by Crippen LogP contribution is 2.08. The molecule has 1 N–H and O–H groups in total. The summed E-state index contributed by atoms with van der Waals surface area (Å²) in [5, 5.41) is 4.33. The molecule has 3 heteroatoms. The number of amides is 1. The second-order valence-corrected chi connectivity index (χ2v) is 5.37. The summed E-state index contributed by atoms with van der Waals surface area (Å²) in [6, 6.07) is 17.9. The van der Waals surface area contributed by atoms with E-state index in [1.807, 2.05) is 42.5 Å². The van der Waals surface area contributed by atoms with Gasteiger partial charge in [-0.2, -0.15) is 5.10 Å². The number of aryl methyl sites for hydroxylation is 1. The highest BCUT2D eigenvalue weighted by Gasteiger charge is 2.05. The van der Waals surface area contributed by atoms with Crippen molar-refractivity contribution < 1.29 is 4.79 Å². The Morgan fingerprint density at radius 2 is 1.73 bits per heavy atom. The summed E-state index contributed by atoms with van der Waals surface area (Å²) in [5.74, 6) is -0.0908. The number of rotatable bonds is 6. The first kappa shape index (κ1) is 16.0. The average molecular weight is 294 g/mol. The summed E-state index contributed by atoms with van der Waals surface area (Å²) in [7, 11) is 0. The van der Waals surface area contributed by atoms with Crippen molar-refractivity contribution in [3.63, 3.8) is 0 Å². The van der Waals surface area contributed by atoms with Crippen LogP contribution in [0.3, 0.4) is 0 Å². The fourth-order valence-electron chi connectivity index (χ4n) is 2.20. The van der Waals surface area contributed by atoms with Crippen LogP contribution in [0.25, 0.3) is 0 Å². The van der Waals surface area contributed by atoms with Crippen molar-refractivity contribution in [3.05, 3.63) is 71.3 Å². The lowest BCUT2D eigenvalue weighted by Crippen LogP contribution is -2.22. The fraction of sp³-hybridized carbons (Fsp3) is 0.263. The predicted octanol–water partition coefficient (Wildman–Crippen LogP) is 3.86. The van der Waals surface area contributed by atoms with Crippen LogP contribution in [0.15, 0.2) is 59.7 Å². The molecular weight excluding hydrogens is 272 g/mol. The van der Waals surface area contributed by atoms with Crippen molar-refractivity contribution in [2.75, 3.05) is 0 Å². The van der Waals surface area contributed by atoms with E-state index in [4.69, 9.17) is 0 Å². The lowest BCUT2D eigenvalue weighted by Gasteiger charge is -2.07. The molecule has 2 aromatic rings. The van der Waals surface area contributed by atoms with E-state index in [2.05, 4.69) is 36.5 Å². The zero-order valence-electron chi connectivity index (χ0n) is 13.2. The van der Waals surface area contributed by atoms with Crippen molar-refractivity contribution in [2.24, 2.45) is 5.10 Å². The van der Waals surface area contributed by atoms with Gasteiger partial charge in [-0.15, -0.1) is 0 Å². The summed E-state index contributed by atoms with van der Waals surface area (Å²) in [4.78, 5) is 12.0. The summed E-state index contributed by atoms with van der Waals surface area (Å²) >= 11 is 0. The number of hydrogen-bond acceptors (Lipinski definition) is 2. The minimum Gasteiger partial charge on any atom is -0.273 e. The molecule has 2 aromatic carbocycles. The summed E-state index contributed by atoms with van der Waals surface area (Å²) in [6.45, 7) is 4.16. The lowest BCUT2D eigenvalue weighted by atomic mass is 10.0. The highest BCUT2D eigenvalue weighted by atomic mass is 16.2. The van der Waals surface area contributed by atoms with E-state index >= 15 is 0 Å². The van der Waals surface area contributed by atoms with E-state index in [1.165, 1.54) is 5.56 Å². The molecule has 0 fully saturated rings. The van der Waals surface area contributed by atoms with Gasteiger partial charge in [-0.3, -0.25) is 4.79 Å². The van der Waals surface area contributed by atoms with E-state index in [0.717, 1.165) is 29.7 Å². The Kier molecular flexibility index (Phi) is 5.90. The Balaban J connectivity index is 2.03. The van der Waals surface area contributed by atoms with Crippen molar-refractivity contribution >= 4 is 11.6 Å². The maximum atomic E-state index is 12.0. The molecule has 0 radical (unpaired) electrons. The fourth-order valence-corrected chi connectivity index (χ4v) is 2.20. The number of hydrazone groups is 1. The van der Waals surface area contributed by atoms with Crippen molar-refractivity contribution in [1.82, 2.24) is 5.43 Å². The molecule has 0 aliphatic rings. The third-order valence-electron chi connectivity index (χ3n) is 3.39. The highest BCUT2D eigenvalue weighted by molar-refractivity contribution is 6.01. The molecular formula is C19H22N2O. The van der Waals surface area contributed by atoms with Gasteiger partial charge in [0.25, 0.3) is 0 Å². The number of carbonyl (C=O) groups excluding carboxylic acids is 1. The molecule has 3 nitrogen and oxygen atoms in total. The Hall–Kier alpha value is -2.42. The molecule has 0 saturated heterocycles. The zero-order valence-corrected chi connectivity index (χ0v) is 13.2. The smallest absolute Gasteiger partial charge is 0.244 e. The largest absolute Gasteiger partial charge is 0.273 e. The van der Waals surface area contributed by atoms with Crippen LogP contribution in [0.4, 0.5) is 0 Å². The van der Waals surface area contributed by atoms with Crippen molar-refractivity contribution in [1.29, 1.82) is 0 Å². The number of hydrogen-bond donors (Lipinski definition) is 1. The second-order valence-electron chi connectivity index (χ2n) is 5.37. The molecule has 22 heavy (non-hydrogen) atoms. The minimum absolute atomic E-state index is 0.0908. The Morgan fingerprint density at radius 3 is 2.36 bits per heavy atom. The van der Waals surface area contributed by atoms with Crippen LogP contribution >= 0.6 is 0 Å². The summed E-state index contributed by atoms with van der Waals surface area (Å²) in [5.41, 5.74) is 6.86. The van der Waals surface area contributed by atoms with Gasteiger partial charge in [0.2, 0.25) is 5.91 Å². The van der Waals surface area contributed by atoms with Gasteiger partial charge in [0.05, 0.1) is 12.1 Å². The Morgan fingerprint density at radius 1 is 1.05 bits per heavy atom. The van der Waals surface area contributed by atoms with Crippen LogP contribution in [-0.2, 0) is 11.2 Å². The number of carbonyl (C=O) groups is 1. The molecule has 114 valence electrons. The van der Waals surface area contributed by atoms with Gasteiger partial charge in [0, 0.05) is 0 Å². The maximum absolute atomic E-state index is 12.0. The zero-order chi connectivity index (χ0) is 15.8. The Labute approximate surface area is 132 Å². The molecule has 0 aliphatic carbocycles. The van der Waals surface area contributed by atoms with Crippen LogP contribution in [0.1, 0.15) is 36.5 Å². The van der Waals surface area contributed by atoms with E-state index < -0.39 is 0 Å². The summed E-state index contributed by atoms with van der Waals surface area (Å²) in [6.07, 6.45) is 2.17. The predicted molar refractivity (Wildman–Crippen MR) is 90.9 cm³/mol. The number of nitrogens with one attached hydrogen (secondary N) is 1. The topological polar surface area (TPSA) is 41.5 Å². The molecule has 0 atom stereocenters. The van der Waals surface area contributed by atoms with E-state index in [9.17, 15) is 4.79 Å². The molecule has 0 spiro atoms. The molecule has 0 bridgehead atoms. The maximum Gasteiger partial charge on any atom is 0.244 e. The Bertz CT molecular complexity index is 630. The minimum atomic E-state index is -0.0908. The van der Waals surface area contributed by atoms with Crippen LogP contribution in [-0.4, -0.2) is 11.6 Å². The van der Waals surface area contributed by atoms with Gasteiger partial charge in [0.15, 0.2) is 0 Å². The average Bonchev–Trinajstić information content (AvgIpc) is 2.53. The quantitative estimate of drug-likeness (QED) is 0.638. The van der Waals surface area contributed by atoms with Gasteiger partial charge in [0.1, 0.15) is 0 Å². The third-order valence-corrected chi connectivity index (χ3v) is 3.39. The second kappa shape index (κ2) is 8.13. The van der Waals surface area contributed by atoms with Crippen LogP contribution < -0.4 is 5.43 Å². The van der Waals surface area contributed by atoms with Crippen molar-refractivity contribution in [3.8, 4) is 0 Å². The van der Waals surface area contributed by atoms with E-state index in [-0.39, 0.29) is 5.91 Å². The van der Waals surface area contributed by atoms with E-state index in [0.29, 0.717) is 6.42 Å². The van der Waals surface area contributed by atoms with Crippen molar-refractivity contribution in [2.45, 2.75) is 33.1 Å². The first-order valence-corrected chi connectivity index (χ1v) is 7.65. The SMILES string of the molecule is CCC/C(=N\NC(=O)Cc1ccccc1)c1ccc(C)cc1. The van der Waals surface area contributed by atoms with Gasteiger partial charge in [-0.1, -0.05) is 73.5 Å². The molecule has 0 aliphatic heterocycles.